The van der Waals surface area contributed by atoms with Gasteiger partial charge in [-0.25, -0.2) is 14.5 Å². The molecule has 1 aromatic heterocycles. The van der Waals surface area contributed by atoms with Gasteiger partial charge in [-0.3, -0.25) is 9.59 Å². The predicted molar refractivity (Wildman–Crippen MR) is 201 cm³/mol. The highest BCUT2D eigenvalue weighted by atomic mass is 16.6. The van der Waals surface area contributed by atoms with Crippen LogP contribution in [0.2, 0.25) is 0 Å². The molecule has 0 saturated carbocycles. The van der Waals surface area contributed by atoms with Crippen molar-refractivity contribution in [3.8, 4) is 23.0 Å². The fourth-order valence-electron chi connectivity index (χ4n) is 7.35. The van der Waals surface area contributed by atoms with Crippen molar-refractivity contribution in [2.75, 3.05) is 51.4 Å². The van der Waals surface area contributed by atoms with Gasteiger partial charge in [-0.05, 0) is 35.7 Å². The first kappa shape index (κ1) is 36.8. The number of carbonyl (C=O) groups is 4. The maximum absolute atomic E-state index is 14.8. The van der Waals surface area contributed by atoms with Gasteiger partial charge in [0.15, 0.2) is 11.5 Å². The van der Waals surface area contributed by atoms with Crippen LogP contribution >= 0.6 is 0 Å². The number of rotatable bonds is 11. The maximum Gasteiger partial charge on any atom is 0.416 e. The van der Waals surface area contributed by atoms with E-state index in [9.17, 15) is 24.3 Å². The van der Waals surface area contributed by atoms with Gasteiger partial charge < -0.3 is 43.4 Å². The van der Waals surface area contributed by atoms with Gasteiger partial charge in [0.25, 0.3) is 5.91 Å². The molecule has 14 nitrogen and oxygen atoms in total. The van der Waals surface area contributed by atoms with Gasteiger partial charge in [0.05, 0.1) is 51.8 Å². The summed E-state index contributed by atoms with van der Waals surface area (Å²) in [6.07, 6.45) is -1.00. The average Bonchev–Trinajstić information content (AvgIpc) is 3.89. The summed E-state index contributed by atoms with van der Waals surface area (Å²) in [5.41, 5.74) is 0.299. The molecule has 2 amide bonds. The lowest BCUT2D eigenvalue weighted by molar-refractivity contribution is -0.144. The molecule has 0 bridgehead atoms. The fourth-order valence-corrected chi connectivity index (χ4v) is 7.35. The lowest BCUT2D eigenvalue weighted by Crippen LogP contribution is -2.57. The van der Waals surface area contributed by atoms with E-state index in [1.807, 2.05) is 36.4 Å². The van der Waals surface area contributed by atoms with Crippen LogP contribution in [0.15, 0.2) is 78.9 Å². The third-order valence-corrected chi connectivity index (χ3v) is 10.0. The number of benzene rings is 4. The number of carbonyl (C=O) groups excluding carboxylic acids is 4. The molecule has 0 spiro atoms. The zero-order valence-electron chi connectivity index (χ0n) is 30.8. The second kappa shape index (κ2) is 14.7. The molecule has 5 aromatic rings. The molecule has 14 heteroatoms. The second-order valence-corrected chi connectivity index (χ2v) is 13.2. The van der Waals surface area contributed by atoms with Gasteiger partial charge in [0.2, 0.25) is 17.1 Å². The second-order valence-electron chi connectivity index (χ2n) is 13.2. The monoisotopic (exact) mass is 749 g/mol. The van der Waals surface area contributed by atoms with Crippen molar-refractivity contribution in [2.24, 2.45) is 0 Å². The molecule has 2 N–H and O–H groups in total. The van der Waals surface area contributed by atoms with Gasteiger partial charge >= 0.3 is 12.1 Å². The zero-order chi connectivity index (χ0) is 39.0. The van der Waals surface area contributed by atoms with E-state index in [1.165, 1.54) is 33.2 Å². The Balaban J connectivity index is 1.39. The molecule has 2 atom stereocenters. The van der Waals surface area contributed by atoms with Gasteiger partial charge in [0.1, 0.15) is 30.3 Å². The van der Waals surface area contributed by atoms with Crippen LogP contribution in [0.4, 0.5) is 16.2 Å². The lowest BCUT2D eigenvalue weighted by Gasteiger charge is -2.31. The Kier molecular flexibility index (Phi) is 9.84. The number of amides is 2. The number of H-pyrrole nitrogens is 1. The number of aromatic nitrogens is 1. The van der Waals surface area contributed by atoms with Crippen LogP contribution in [-0.4, -0.2) is 81.0 Å². The number of anilines is 2. The number of esters is 1. The maximum atomic E-state index is 14.8. The van der Waals surface area contributed by atoms with Crippen LogP contribution in [-0.2, 0) is 27.5 Å². The van der Waals surface area contributed by atoms with Crippen LogP contribution in [0.1, 0.15) is 50.4 Å². The van der Waals surface area contributed by atoms with Crippen molar-refractivity contribution < 1.29 is 52.7 Å². The van der Waals surface area contributed by atoms with Gasteiger partial charge in [-0.1, -0.05) is 60.7 Å². The molecule has 0 fully saturated rings. The van der Waals surface area contributed by atoms with Crippen LogP contribution in [0.5, 0.6) is 23.0 Å². The van der Waals surface area contributed by atoms with E-state index >= 15 is 0 Å². The number of fused-ring (bicyclic) bond motifs is 4. The van der Waals surface area contributed by atoms with Crippen molar-refractivity contribution in [3.05, 3.63) is 107 Å². The lowest BCUT2D eigenvalue weighted by atomic mass is 9.88. The van der Waals surface area contributed by atoms with Crippen molar-refractivity contribution >= 4 is 46.0 Å². The van der Waals surface area contributed by atoms with Crippen molar-refractivity contribution in [1.82, 2.24) is 4.98 Å². The first-order valence-electron chi connectivity index (χ1n) is 17.4. The number of aliphatic hydroxyl groups excluding tert-OH is 1. The topological polar surface area (TPSA) is 166 Å². The molecular weight excluding hydrogens is 710 g/mol. The number of ketones is 1. The van der Waals surface area contributed by atoms with Gasteiger partial charge in [-0.15, -0.1) is 0 Å². The minimum atomic E-state index is -2.23. The Bertz CT molecular complexity index is 2310. The zero-order valence-corrected chi connectivity index (χ0v) is 30.8. The number of methoxy groups -OCH3 is 4. The number of aromatic amines is 1. The van der Waals surface area contributed by atoms with Crippen LogP contribution in [0.3, 0.4) is 0 Å². The highest BCUT2D eigenvalue weighted by molar-refractivity contribution is 6.31. The van der Waals surface area contributed by atoms with E-state index < -0.39 is 41.8 Å². The summed E-state index contributed by atoms with van der Waals surface area (Å²) in [6.45, 7) is 0.619. The highest BCUT2D eigenvalue weighted by Crippen LogP contribution is 2.54. The summed E-state index contributed by atoms with van der Waals surface area (Å²) in [5, 5.41) is 11.4. The fraction of sp³-hybridized carbons (Fsp3) is 0.268. The van der Waals surface area contributed by atoms with E-state index in [0.29, 0.717) is 33.7 Å². The number of nitrogens with zero attached hydrogens (tertiary/aromatic N) is 2. The van der Waals surface area contributed by atoms with E-state index in [0.717, 1.165) is 17.6 Å². The Morgan fingerprint density at radius 1 is 0.855 bits per heavy atom. The first-order chi connectivity index (χ1) is 26.6. The number of ether oxygens (including phenoxy) is 6. The van der Waals surface area contributed by atoms with Gasteiger partial charge in [0, 0.05) is 23.9 Å². The van der Waals surface area contributed by atoms with E-state index in [1.54, 1.807) is 42.5 Å². The average molecular weight is 750 g/mol. The highest BCUT2D eigenvalue weighted by Gasteiger charge is 2.61. The Morgan fingerprint density at radius 3 is 2.11 bits per heavy atom. The number of nitrogens with one attached hydrogen (secondary N) is 1. The number of aliphatic hydroxyl groups is 1. The van der Waals surface area contributed by atoms with E-state index in [-0.39, 0.29) is 53.7 Å². The number of Topliss-reactive ketones (excluding diaryl/α,β-unsaturated/α-hetero) is 1. The molecule has 0 saturated heterocycles. The van der Waals surface area contributed by atoms with Crippen LogP contribution in [0.25, 0.3) is 10.9 Å². The SMILES string of the molecule is COC(=O)[C@@]1(C)C(=O)c2c3c(cc(OCc4ccccc4)c2N1C(=O)OCc1ccccc1)N(C(=O)c1cc2cc(OC)c(OC)c(OC)c2[nH]1)C[C@H]3CO. The van der Waals surface area contributed by atoms with Crippen molar-refractivity contribution in [1.29, 1.82) is 0 Å². The molecule has 4 aromatic carbocycles. The normalized spacial score (nSPS) is 17.1. The Hall–Kier alpha value is -6.54. The van der Waals surface area contributed by atoms with Crippen LogP contribution < -0.4 is 28.7 Å². The largest absolute Gasteiger partial charge is 0.493 e. The molecule has 3 heterocycles. The molecule has 0 aliphatic carbocycles. The van der Waals surface area contributed by atoms with E-state index in [2.05, 4.69) is 4.98 Å². The predicted octanol–water partition coefficient (Wildman–Crippen LogP) is 5.78. The third-order valence-electron chi connectivity index (χ3n) is 10.0. The standard InChI is InChI=1S/C41H39N3O11/c1-41(39(48)53-5)37(46)32-31-26(20-45)19-43(38(47)27-16-25-17-30(50-2)35(51-3)36(52-4)33(25)42-27)28(31)18-29(54-21-23-12-8-6-9-13-23)34(32)44(41)40(49)55-22-24-14-10-7-11-15-24/h6-18,26,42,45H,19-22H2,1-5H3/t26-,41+/m0/s1. The Morgan fingerprint density at radius 2 is 1.51 bits per heavy atom. The minimum absolute atomic E-state index is 0.00491. The summed E-state index contributed by atoms with van der Waals surface area (Å²) in [5.74, 6) is -2.01. The minimum Gasteiger partial charge on any atom is -0.493 e. The summed E-state index contributed by atoms with van der Waals surface area (Å²) in [4.78, 5) is 62.7. The Labute approximate surface area is 316 Å². The smallest absolute Gasteiger partial charge is 0.416 e. The molecule has 7 rings (SSSR count). The summed E-state index contributed by atoms with van der Waals surface area (Å²) in [7, 11) is 5.55. The molecule has 2 aliphatic rings. The number of hydrogen-bond donors (Lipinski definition) is 2. The van der Waals surface area contributed by atoms with Crippen molar-refractivity contribution in [2.45, 2.75) is 31.6 Å². The molecular formula is C41H39N3O11. The molecule has 0 unspecified atom stereocenters. The molecule has 55 heavy (non-hydrogen) atoms. The summed E-state index contributed by atoms with van der Waals surface area (Å²) in [6, 6.07) is 23.0. The van der Waals surface area contributed by atoms with Crippen LogP contribution in [0, 0.1) is 0 Å². The summed E-state index contributed by atoms with van der Waals surface area (Å²) < 4.78 is 33.9. The number of hydrogen-bond acceptors (Lipinski definition) is 11. The first-order valence-corrected chi connectivity index (χ1v) is 17.4. The van der Waals surface area contributed by atoms with E-state index in [4.69, 9.17) is 28.4 Å². The molecule has 284 valence electrons. The summed E-state index contributed by atoms with van der Waals surface area (Å²) >= 11 is 0. The molecule has 0 radical (unpaired) electrons. The van der Waals surface area contributed by atoms with Gasteiger partial charge in [-0.2, -0.15) is 0 Å². The quantitative estimate of drug-likeness (QED) is 0.124. The third kappa shape index (κ3) is 6.04. The van der Waals surface area contributed by atoms with Crippen molar-refractivity contribution in [3.63, 3.8) is 0 Å². The molecule has 2 aliphatic heterocycles.